The van der Waals surface area contributed by atoms with Crippen LogP contribution >= 0.6 is 0 Å². The Hall–Kier alpha value is -1.98. The molecule has 0 bridgehead atoms. The fraction of sp³-hybridized carbons (Fsp3) is 0.625. The molecule has 1 amide bonds. The zero-order valence-electron chi connectivity index (χ0n) is 13.1. The molecule has 0 saturated heterocycles. The summed E-state index contributed by atoms with van der Waals surface area (Å²) < 4.78 is 5.42. The molecule has 0 radical (unpaired) electrons. The molecule has 1 aliphatic heterocycles. The zero-order chi connectivity index (χ0) is 16.1. The van der Waals surface area contributed by atoms with Gasteiger partial charge in [-0.3, -0.25) is 9.59 Å². The van der Waals surface area contributed by atoms with E-state index in [1.807, 2.05) is 13.8 Å². The third-order valence-electron chi connectivity index (χ3n) is 3.92. The van der Waals surface area contributed by atoms with Gasteiger partial charge in [0.05, 0.1) is 5.92 Å². The molecule has 1 aliphatic carbocycles. The second kappa shape index (κ2) is 7.33. The predicted molar refractivity (Wildman–Crippen MR) is 81.9 cm³/mol. The topological polar surface area (TPSA) is 87.7 Å². The number of rotatable bonds is 4. The van der Waals surface area contributed by atoms with Crippen LogP contribution in [0, 0.1) is 5.92 Å². The number of esters is 1. The van der Waals surface area contributed by atoms with E-state index in [1.165, 1.54) is 6.08 Å². The van der Waals surface area contributed by atoms with Crippen LogP contribution in [0.3, 0.4) is 0 Å². The molecule has 0 unspecified atom stereocenters. The summed E-state index contributed by atoms with van der Waals surface area (Å²) in [5.74, 6) is -0.605. The normalized spacial score (nSPS) is 24.9. The highest BCUT2D eigenvalue weighted by atomic mass is 16.5. The molecule has 2 rings (SSSR count). The summed E-state index contributed by atoms with van der Waals surface area (Å²) in [4.78, 5) is 23.7. The largest absolute Gasteiger partial charge is 0.506 e. The van der Waals surface area contributed by atoms with E-state index in [0.29, 0.717) is 6.54 Å². The van der Waals surface area contributed by atoms with Crippen molar-refractivity contribution < 1.29 is 19.4 Å². The number of carbonyl (C=O) groups excluding carboxylic acids is 2. The van der Waals surface area contributed by atoms with Crippen molar-refractivity contribution in [2.24, 2.45) is 5.92 Å². The van der Waals surface area contributed by atoms with Gasteiger partial charge in [0, 0.05) is 12.6 Å². The maximum atomic E-state index is 12.1. The number of ether oxygens (including phenoxy) is 1. The number of allylic oxidation sites excluding steroid dienone is 1. The predicted octanol–water partition coefficient (Wildman–Crippen LogP) is 1.54. The molecule has 1 fully saturated rings. The van der Waals surface area contributed by atoms with Gasteiger partial charge < -0.3 is 20.5 Å². The van der Waals surface area contributed by atoms with Crippen molar-refractivity contribution in [1.29, 1.82) is 0 Å². The van der Waals surface area contributed by atoms with E-state index in [9.17, 15) is 14.7 Å². The average molecular weight is 308 g/mol. The van der Waals surface area contributed by atoms with Gasteiger partial charge in [0.25, 0.3) is 5.91 Å². The maximum Gasteiger partial charge on any atom is 0.308 e. The summed E-state index contributed by atoms with van der Waals surface area (Å²) in [7, 11) is 0. The zero-order valence-corrected chi connectivity index (χ0v) is 13.1. The van der Waals surface area contributed by atoms with E-state index in [1.54, 1.807) is 6.08 Å². The van der Waals surface area contributed by atoms with Gasteiger partial charge in [0.2, 0.25) is 0 Å². The molecule has 122 valence electrons. The summed E-state index contributed by atoms with van der Waals surface area (Å²) in [5, 5.41) is 15.5. The van der Waals surface area contributed by atoms with Gasteiger partial charge in [0.15, 0.2) is 0 Å². The molecular formula is C16H24N2O4. The molecule has 6 heteroatoms. The summed E-state index contributed by atoms with van der Waals surface area (Å²) in [6.45, 7) is 4.17. The van der Waals surface area contributed by atoms with Crippen molar-refractivity contribution in [1.82, 2.24) is 10.6 Å². The van der Waals surface area contributed by atoms with Crippen molar-refractivity contribution >= 4 is 11.9 Å². The van der Waals surface area contributed by atoms with E-state index in [4.69, 9.17) is 4.74 Å². The monoisotopic (exact) mass is 308 g/mol. The molecule has 1 saturated carbocycles. The van der Waals surface area contributed by atoms with E-state index in [0.717, 1.165) is 25.7 Å². The molecule has 0 aromatic rings. The van der Waals surface area contributed by atoms with Gasteiger partial charge >= 0.3 is 5.97 Å². The van der Waals surface area contributed by atoms with Crippen molar-refractivity contribution in [2.45, 2.75) is 51.7 Å². The Bertz CT molecular complexity index is 488. The van der Waals surface area contributed by atoms with Gasteiger partial charge in [-0.2, -0.15) is 0 Å². The Morgan fingerprint density at radius 1 is 1.32 bits per heavy atom. The molecule has 22 heavy (non-hydrogen) atoms. The average Bonchev–Trinajstić information content (AvgIpc) is 2.49. The van der Waals surface area contributed by atoms with Crippen LogP contribution in [0.1, 0.15) is 39.5 Å². The van der Waals surface area contributed by atoms with Gasteiger partial charge in [-0.1, -0.05) is 19.9 Å². The highest BCUT2D eigenvalue weighted by Gasteiger charge is 2.27. The number of hydrogen-bond acceptors (Lipinski definition) is 5. The lowest BCUT2D eigenvalue weighted by Crippen LogP contribution is -2.43. The van der Waals surface area contributed by atoms with Gasteiger partial charge in [-0.25, -0.2) is 0 Å². The van der Waals surface area contributed by atoms with Crippen LogP contribution in [0.15, 0.2) is 23.6 Å². The van der Waals surface area contributed by atoms with Crippen LogP contribution in [0.2, 0.25) is 0 Å². The maximum absolute atomic E-state index is 12.1. The van der Waals surface area contributed by atoms with Crippen LogP contribution in [0.25, 0.3) is 0 Å². The SMILES string of the molecule is CC(C)C(=O)OC1CCC(NC(=O)C2=C(O)C=CCN2)CC1. The van der Waals surface area contributed by atoms with E-state index in [-0.39, 0.29) is 41.4 Å². The first-order valence-corrected chi connectivity index (χ1v) is 7.82. The highest BCUT2D eigenvalue weighted by Crippen LogP contribution is 2.22. The van der Waals surface area contributed by atoms with Gasteiger partial charge in [-0.15, -0.1) is 0 Å². The summed E-state index contributed by atoms with van der Waals surface area (Å²) in [6, 6.07) is 0.0505. The fourth-order valence-electron chi connectivity index (χ4n) is 2.58. The summed E-state index contributed by atoms with van der Waals surface area (Å²) in [5.41, 5.74) is 0.218. The number of carbonyl (C=O) groups is 2. The number of aliphatic hydroxyl groups is 1. The third-order valence-corrected chi connectivity index (χ3v) is 3.92. The molecule has 0 aromatic carbocycles. The highest BCUT2D eigenvalue weighted by molar-refractivity contribution is 5.94. The Morgan fingerprint density at radius 2 is 2.00 bits per heavy atom. The second-order valence-electron chi connectivity index (χ2n) is 6.08. The Morgan fingerprint density at radius 3 is 2.59 bits per heavy atom. The number of hydrogen-bond donors (Lipinski definition) is 3. The lowest BCUT2D eigenvalue weighted by atomic mass is 9.92. The second-order valence-corrected chi connectivity index (χ2v) is 6.08. The molecule has 2 aliphatic rings. The first-order chi connectivity index (χ1) is 10.5. The Labute approximate surface area is 130 Å². The van der Waals surface area contributed by atoms with Crippen LogP contribution < -0.4 is 10.6 Å². The minimum Gasteiger partial charge on any atom is -0.506 e. The number of nitrogens with one attached hydrogen (secondary N) is 2. The van der Waals surface area contributed by atoms with Crippen molar-refractivity contribution in [3.8, 4) is 0 Å². The first-order valence-electron chi connectivity index (χ1n) is 7.82. The Kier molecular flexibility index (Phi) is 5.46. The van der Waals surface area contributed by atoms with Gasteiger partial charge in [0.1, 0.15) is 17.6 Å². The number of aliphatic hydroxyl groups excluding tert-OH is 1. The van der Waals surface area contributed by atoms with Gasteiger partial charge in [-0.05, 0) is 31.8 Å². The Balaban J connectivity index is 1.79. The number of amides is 1. The minimum absolute atomic E-state index is 0.0386. The van der Waals surface area contributed by atoms with Crippen molar-refractivity contribution in [3.63, 3.8) is 0 Å². The lowest BCUT2D eigenvalue weighted by molar-refractivity contribution is -0.154. The van der Waals surface area contributed by atoms with E-state index < -0.39 is 0 Å². The molecular weight excluding hydrogens is 284 g/mol. The summed E-state index contributed by atoms with van der Waals surface area (Å²) in [6.07, 6.45) is 6.26. The first kappa shape index (κ1) is 16.4. The minimum atomic E-state index is -0.288. The molecule has 0 aromatic heterocycles. The molecule has 0 spiro atoms. The smallest absolute Gasteiger partial charge is 0.308 e. The standard InChI is InChI=1S/C16H24N2O4/c1-10(2)16(21)22-12-7-5-11(6-8-12)18-15(20)14-13(19)4-3-9-17-14/h3-4,10-12,17,19H,5-9H2,1-2H3,(H,18,20). The van der Waals surface area contributed by atoms with E-state index in [2.05, 4.69) is 10.6 Å². The number of dihydropyridines is 1. The lowest BCUT2D eigenvalue weighted by Gasteiger charge is -2.29. The van der Waals surface area contributed by atoms with Crippen LogP contribution in [-0.4, -0.2) is 35.7 Å². The van der Waals surface area contributed by atoms with Crippen LogP contribution in [0.4, 0.5) is 0 Å². The van der Waals surface area contributed by atoms with Crippen LogP contribution in [-0.2, 0) is 14.3 Å². The third kappa shape index (κ3) is 4.26. The molecule has 1 heterocycles. The molecule has 3 N–H and O–H groups in total. The summed E-state index contributed by atoms with van der Waals surface area (Å²) >= 11 is 0. The quantitative estimate of drug-likeness (QED) is 0.686. The van der Waals surface area contributed by atoms with Crippen LogP contribution in [0.5, 0.6) is 0 Å². The van der Waals surface area contributed by atoms with Crippen molar-refractivity contribution in [2.75, 3.05) is 6.54 Å². The molecule has 0 atom stereocenters. The fourth-order valence-corrected chi connectivity index (χ4v) is 2.58. The van der Waals surface area contributed by atoms with Crippen molar-refractivity contribution in [3.05, 3.63) is 23.6 Å². The van der Waals surface area contributed by atoms with E-state index >= 15 is 0 Å². The molecule has 6 nitrogen and oxygen atoms in total.